The zero-order valence-electron chi connectivity index (χ0n) is 10.9. The first-order valence-corrected chi connectivity index (χ1v) is 7.41. The lowest BCUT2D eigenvalue weighted by atomic mass is 10.0. The minimum absolute atomic E-state index is 0.0590. The van der Waals surface area contributed by atoms with Crippen molar-refractivity contribution in [2.24, 2.45) is 5.73 Å². The molecule has 4 heteroatoms. The molecular formula is C15H18FNOS. The van der Waals surface area contributed by atoms with Crippen LogP contribution in [0.15, 0.2) is 47.1 Å². The van der Waals surface area contributed by atoms with E-state index < -0.39 is 0 Å². The normalized spacial score (nSPS) is 14.3. The van der Waals surface area contributed by atoms with E-state index in [1.165, 1.54) is 6.07 Å². The molecule has 2 unspecified atom stereocenters. The molecule has 2 nitrogen and oxygen atoms in total. The Morgan fingerprint density at radius 1 is 1.26 bits per heavy atom. The van der Waals surface area contributed by atoms with Gasteiger partial charge in [-0.1, -0.05) is 25.1 Å². The Hall–Kier alpha value is -1.26. The van der Waals surface area contributed by atoms with Crippen LogP contribution < -0.4 is 5.73 Å². The van der Waals surface area contributed by atoms with E-state index in [4.69, 9.17) is 10.2 Å². The van der Waals surface area contributed by atoms with Gasteiger partial charge in [0.2, 0.25) is 0 Å². The molecule has 2 N–H and O–H groups in total. The van der Waals surface area contributed by atoms with E-state index in [1.807, 2.05) is 31.2 Å². The Labute approximate surface area is 117 Å². The van der Waals surface area contributed by atoms with Crippen LogP contribution in [0.5, 0.6) is 0 Å². The molecule has 0 aliphatic rings. The van der Waals surface area contributed by atoms with Crippen LogP contribution in [0.3, 0.4) is 0 Å². The van der Waals surface area contributed by atoms with Gasteiger partial charge in [-0.25, -0.2) is 4.39 Å². The second-order valence-electron chi connectivity index (χ2n) is 4.40. The second-order valence-corrected chi connectivity index (χ2v) is 5.53. The highest BCUT2D eigenvalue weighted by molar-refractivity contribution is 7.98. The molecule has 0 fully saturated rings. The average Bonchev–Trinajstić information content (AvgIpc) is 2.93. The van der Waals surface area contributed by atoms with Gasteiger partial charge in [-0.2, -0.15) is 0 Å². The van der Waals surface area contributed by atoms with Crippen molar-refractivity contribution in [3.8, 4) is 0 Å². The summed E-state index contributed by atoms with van der Waals surface area (Å²) < 4.78 is 19.2. The molecule has 0 aliphatic carbocycles. The fraction of sp³-hybridized carbons (Fsp3) is 0.333. The van der Waals surface area contributed by atoms with E-state index in [-0.39, 0.29) is 17.1 Å². The molecule has 1 aromatic heterocycles. The van der Waals surface area contributed by atoms with Crippen molar-refractivity contribution in [3.05, 3.63) is 59.8 Å². The van der Waals surface area contributed by atoms with Gasteiger partial charge in [0, 0.05) is 16.9 Å². The molecule has 1 aromatic carbocycles. The molecular weight excluding hydrogens is 261 g/mol. The second kappa shape index (κ2) is 6.78. The van der Waals surface area contributed by atoms with Crippen molar-refractivity contribution in [2.45, 2.75) is 30.4 Å². The van der Waals surface area contributed by atoms with Crippen LogP contribution in [0.1, 0.15) is 29.9 Å². The Morgan fingerprint density at radius 2 is 2.05 bits per heavy atom. The van der Waals surface area contributed by atoms with E-state index in [2.05, 4.69) is 0 Å². The van der Waals surface area contributed by atoms with Crippen molar-refractivity contribution in [2.75, 3.05) is 0 Å². The fourth-order valence-electron chi connectivity index (χ4n) is 1.93. The highest BCUT2D eigenvalue weighted by atomic mass is 32.2. The first kappa shape index (κ1) is 14.2. The molecule has 0 radical (unpaired) electrons. The van der Waals surface area contributed by atoms with Crippen molar-refractivity contribution in [1.29, 1.82) is 0 Å². The molecule has 0 saturated carbocycles. The summed E-state index contributed by atoms with van der Waals surface area (Å²) >= 11 is 1.62. The minimum atomic E-state index is -0.191. The SMILES string of the molecule is CCC(N)C(SCc1ccco1)c1ccccc1F. The van der Waals surface area contributed by atoms with Gasteiger partial charge in [0.05, 0.1) is 12.0 Å². The summed E-state index contributed by atoms with van der Waals surface area (Å²) in [6.07, 6.45) is 2.46. The summed E-state index contributed by atoms with van der Waals surface area (Å²) in [6.45, 7) is 2.02. The maximum absolute atomic E-state index is 13.9. The molecule has 0 spiro atoms. The van der Waals surface area contributed by atoms with Crippen LogP contribution in [-0.2, 0) is 5.75 Å². The topological polar surface area (TPSA) is 39.2 Å². The molecule has 0 amide bonds. The van der Waals surface area contributed by atoms with Crippen LogP contribution in [0.2, 0.25) is 0 Å². The molecule has 19 heavy (non-hydrogen) atoms. The molecule has 102 valence electrons. The van der Waals surface area contributed by atoms with Gasteiger partial charge in [0.1, 0.15) is 11.6 Å². The Balaban J connectivity index is 2.14. The average molecular weight is 279 g/mol. The summed E-state index contributed by atoms with van der Waals surface area (Å²) in [6, 6.07) is 10.5. The third kappa shape index (κ3) is 3.61. The predicted octanol–water partition coefficient (Wildman–Crippen LogP) is 4.13. The summed E-state index contributed by atoms with van der Waals surface area (Å²) in [5.41, 5.74) is 6.81. The van der Waals surface area contributed by atoms with Crippen LogP contribution >= 0.6 is 11.8 Å². The maximum Gasteiger partial charge on any atom is 0.127 e. The van der Waals surface area contributed by atoms with E-state index in [0.717, 1.165) is 12.2 Å². The number of halogens is 1. The lowest BCUT2D eigenvalue weighted by Crippen LogP contribution is -2.26. The summed E-state index contributed by atoms with van der Waals surface area (Å²) in [5, 5.41) is -0.0590. The summed E-state index contributed by atoms with van der Waals surface area (Å²) in [4.78, 5) is 0. The minimum Gasteiger partial charge on any atom is -0.468 e. The third-order valence-electron chi connectivity index (χ3n) is 3.06. The number of thioether (sulfide) groups is 1. The van der Waals surface area contributed by atoms with Gasteiger partial charge >= 0.3 is 0 Å². The number of hydrogen-bond donors (Lipinski definition) is 1. The van der Waals surface area contributed by atoms with Gasteiger partial charge in [-0.3, -0.25) is 0 Å². The van der Waals surface area contributed by atoms with Gasteiger partial charge in [0.15, 0.2) is 0 Å². The van der Waals surface area contributed by atoms with E-state index >= 15 is 0 Å². The van der Waals surface area contributed by atoms with Crippen molar-refractivity contribution < 1.29 is 8.81 Å². The maximum atomic E-state index is 13.9. The van der Waals surface area contributed by atoms with Crippen molar-refractivity contribution >= 4 is 11.8 Å². The summed E-state index contributed by atoms with van der Waals surface area (Å²) in [5.74, 6) is 1.39. The van der Waals surface area contributed by atoms with Crippen LogP contribution in [0.25, 0.3) is 0 Å². The highest BCUT2D eigenvalue weighted by Gasteiger charge is 2.22. The van der Waals surface area contributed by atoms with Crippen LogP contribution in [0.4, 0.5) is 4.39 Å². The molecule has 1 heterocycles. The zero-order chi connectivity index (χ0) is 13.7. The first-order chi connectivity index (χ1) is 9.22. The number of rotatable bonds is 6. The molecule has 0 saturated heterocycles. The van der Waals surface area contributed by atoms with Crippen LogP contribution in [-0.4, -0.2) is 6.04 Å². The Morgan fingerprint density at radius 3 is 2.68 bits per heavy atom. The van der Waals surface area contributed by atoms with Gasteiger partial charge < -0.3 is 10.2 Å². The monoisotopic (exact) mass is 279 g/mol. The number of benzene rings is 1. The van der Waals surface area contributed by atoms with Crippen LogP contribution in [0, 0.1) is 5.82 Å². The van der Waals surface area contributed by atoms with Gasteiger partial charge in [0.25, 0.3) is 0 Å². The molecule has 0 aliphatic heterocycles. The van der Waals surface area contributed by atoms with Gasteiger partial charge in [-0.05, 0) is 24.6 Å². The standard InChI is InChI=1S/C15H18FNOS/c1-2-14(17)15(12-7-3-4-8-13(12)16)19-10-11-6-5-9-18-11/h3-9,14-15H,2,10,17H2,1H3. The summed E-state index contributed by atoms with van der Waals surface area (Å²) in [7, 11) is 0. The quantitative estimate of drug-likeness (QED) is 0.864. The Bertz CT molecular complexity index is 501. The first-order valence-electron chi connectivity index (χ1n) is 6.36. The third-order valence-corrected chi connectivity index (χ3v) is 4.47. The van der Waals surface area contributed by atoms with Gasteiger partial charge in [-0.15, -0.1) is 11.8 Å². The molecule has 2 rings (SSSR count). The van der Waals surface area contributed by atoms with E-state index in [1.54, 1.807) is 24.1 Å². The predicted molar refractivity (Wildman–Crippen MR) is 77.4 cm³/mol. The van der Waals surface area contributed by atoms with E-state index in [0.29, 0.717) is 11.3 Å². The molecule has 2 atom stereocenters. The number of hydrogen-bond acceptors (Lipinski definition) is 3. The zero-order valence-corrected chi connectivity index (χ0v) is 11.7. The van der Waals surface area contributed by atoms with Crippen molar-refractivity contribution in [3.63, 3.8) is 0 Å². The fourth-order valence-corrected chi connectivity index (χ4v) is 3.25. The smallest absolute Gasteiger partial charge is 0.127 e. The Kier molecular flexibility index (Phi) is 5.05. The largest absolute Gasteiger partial charge is 0.468 e. The number of nitrogens with two attached hydrogens (primary N) is 1. The molecule has 0 bridgehead atoms. The van der Waals surface area contributed by atoms with E-state index in [9.17, 15) is 4.39 Å². The van der Waals surface area contributed by atoms with Crippen molar-refractivity contribution in [1.82, 2.24) is 0 Å². The lowest BCUT2D eigenvalue weighted by Gasteiger charge is -2.23. The highest BCUT2D eigenvalue weighted by Crippen LogP contribution is 2.36. The lowest BCUT2D eigenvalue weighted by molar-refractivity contribution is 0.528. The molecule has 2 aromatic rings. The number of furan rings is 1.